The van der Waals surface area contributed by atoms with Gasteiger partial charge in [-0.2, -0.15) is 0 Å². The topological polar surface area (TPSA) is 172 Å². The summed E-state index contributed by atoms with van der Waals surface area (Å²) in [4.78, 5) is 22.9. The number of aliphatic hydroxyl groups is 3. The Balaban J connectivity index is 2.20. The molecule has 0 bridgehead atoms. The zero-order valence-corrected chi connectivity index (χ0v) is 28.2. The van der Waals surface area contributed by atoms with Crippen LogP contribution < -0.4 is 11.1 Å². The number of aliphatic carboxylic acids is 1. The van der Waals surface area contributed by atoms with Crippen LogP contribution in [0.4, 0.5) is 0 Å². The first-order valence-electron chi connectivity index (χ1n) is 16.3. The highest BCUT2D eigenvalue weighted by Gasteiger charge is 2.42. The molecule has 0 radical (unpaired) electrons. The summed E-state index contributed by atoms with van der Waals surface area (Å²) in [6.45, 7) is 3.84. The Hall–Kier alpha value is -4.42. The maximum Gasteiger partial charge on any atom is 0.326 e. The van der Waals surface area contributed by atoms with E-state index in [9.17, 15) is 24.9 Å². The summed E-state index contributed by atoms with van der Waals surface area (Å²) < 4.78 is 11.1. The molecule has 1 aliphatic rings. The zero-order valence-electron chi connectivity index (χ0n) is 28.2. The summed E-state index contributed by atoms with van der Waals surface area (Å²) in [6.07, 6.45) is 40.1. The van der Waals surface area contributed by atoms with Crippen LogP contribution in [0.25, 0.3) is 0 Å². The number of carbonyl (C=O) groups excluding carboxylic acids is 1. The number of nitrogens with two attached hydrogens (primary N) is 1. The van der Waals surface area contributed by atoms with Gasteiger partial charge in [-0.25, -0.2) is 4.79 Å². The number of allylic oxidation sites excluding steroid dienone is 22. The van der Waals surface area contributed by atoms with E-state index in [0.29, 0.717) is 25.8 Å². The van der Waals surface area contributed by atoms with Crippen LogP contribution in [0.5, 0.6) is 0 Å². The molecule has 0 aromatic rings. The predicted octanol–water partition coefficient (Wildman–Crippen LogP) is 4.59. The number of carboxylic acids is 1. The van der Waals surface area contributed by atoms with Crippen molar-refractivity contribution >= 4 is 11.9 Å². The molecule has 1 fully saturated rings. The van der Waals surface area contributed by atoms with E-state index < -0.39 is 48.6 Å². The lowest BCUT2D eigenvalue weighted by atomic mass is 10.00. The predicted molar refractivity (Wildman–Crippen MR) is 195 cm³/mol. The van der Waals surface area contributed by atoms with E-state index in [1.165, 1.54) is 6.08 Å². The van der Waals surface area contributed by atoms with Gasteiger partial charge in [-0.1, -0.05) is 140 Å². The lowest BCUT2D eigenvalue weighted by Crippen LogP contribution is -2.57. The molecule has 0 aromatic carbocycles. The van der Waals surface area contributed by atoms with Crippen molar-refractivity contribution in [2.45, 2.75) is 76.0 Å². The lowest BCUT2D eigenvalue weighted by molar-refractivity contribution is -0.302. The fourth-order valence-electron chi connectivity index (χ4n) is 3.98. The first kappa shape index (κ1) is 42.6. The summed E-state index contributed by atoms with van der Waals surface area (Å²) in [6, 6.07) is -0.941. The summed E-state index contributed by atoms with van der Waals surface area (Å²) in [7, 11) is 0. The molecule has 1 rings (SSSR count). The molecule has 49 heavy (non-hydrogen) atoms. The van der Waals surface area contributed by atoms with Gasteiger partial charge in [-0.05, 0) is 39.7 Å². The molecule has 266 valence electrons. The number of rotatable bonds is 21. The first-order chi connectivity index (χ1) is 23.7. The monoisotopic (exact) mass is 676 g/mol. The van der Waals surface area contributed by atoms with Crippen molar-refractivity contribution in [1.82, 2.24) is 5.32 Å². The van der Waals surface area contributed by atoms with Crippen LogP contribution in [0.2, 0.25) is 0 Å². The fourth-order valence-corrected chi connectivity index (χ4v) is 3.98. The van der Waals surface area contributed by atoms with Crippen molar-refractivity contribution in [1.29, 1.82) is 0 Å². The average Bonchev–Trinajstić information content (AvgIpc) is 3.07. The van der Waals surface area contributed by atoms with Gasteiger partial charge in [-0.3, -0.25) is 4.79 Å². The molecule has 0 aliphatic carbocycles. The van der Waals surface area contributed by atoms with Crippen LogP contribution >= 0.6 is 0 Å². The number of aliphatic hydroxyl groups excluding tert-OH is 3. The molecule has 0 spiro atoms. The lowest BCUT2D eigenvalue weighted by Gasteiger charge is -2.39. The van der Waals surface area contributed by atoms with Gasteiger partial charge in [0.25, 0.3) is 0 Å². The minimum Gasteiger partial charge on any atom is -0.480 e. The Kier molecular flexibility index (Phi) is 23.9. The first-order valence-corrected chi connectivity index (χ1v) is 16.3. The van der Waals surface area contributed by atoms with E-state index in [2.05, 4.69) is 5.32 Å². The van der Waals surface area contributed by atoms with E-state index in [4.69, 9.17) is 20.3 Å². The number of nitrogens with one attached hydrogen (secondary N) is 1. The molecule has 1 aliphatic heterocycles. The normalized spacial score (nSPS) is 24.2. The quantitative estimate of drug-likeness (QED) is 0.0752. The molecule has 7 N–H and O–H groups in total. The average molecular weight is 677 g/mol. The standard InChI is InChI=1S/C39H52N2O8/c1-31(48-39-37(45)36(44)35(43)32(2)49-39)27-24-22-20-18-16-14-12-10-8-6-4-3-5-7-9-11-13-15-17-19-21-23-25-29-34(42)41-33(38(46)47)28-26-30-40/h3-25,29,31-33,35-37,39,43-45H,26-28,30,40H2,1-2H3,(H,41,42)(H,46,47)/b4-3+,7-5+,8-6+,11-9+,12-10+,15-13+,16-14+,19-17+,20-18+,23-21+,24-22+,29-25+/t31?,32-,33-,35-,36+,37+,39+/m0/s1. The van der Waals surface area contributed by atoms with Crippen molar-refractivity contribution in [2.75, 3.05) is 6.54 Å². The smallest absolute Gasteiger partial charge is 0.326 e. The van der Waals surface area contributed by atoms with Crippen LogP contribution in [0, 0.1) is 0 Å². The maximum absolute atomic E-state index is 11.8. The van der Waals surface area contributed by atoms with Crippen molar-refractivity contribution in [3.8, 4) is 0 Å². The minimum absolute atomic E-state index is 0.244. The van der Waals surface area contributed by atoms with Gasteiger partial charge in [-0.15, -0.1) is 0 Å². The Morgan fingerprint density at radius 2 is 1.14 bits per heavy atom. The minimum atomic E-state index is -1.30. The zero-order chi connectivity index (χ0) is 36.1. The number of ether oxygens (including phenoxy) is 2. The third-order valence-corrected chi connectivity index (χ3v) is 6.67. The van der Waals surface area contributed by atoms with Gasteiger partial charge < -0.3 is 41.0 Å². The number of hydrogen-bond donors (Lipinski definition) is 6. The van der Waals surface area contributed by atoms with E-state index in [0.717, 1.165) is 0 Å². The van der Waals surface area contributed by atoms with Crippen LogP contribution in [0.3, 0.4) is 0 Å². The van der Waals surface area contributed by atoms with Crippen molar-refractivity contribution in [3.63, 3.8) is 0 Å². The van der Waals surface area contributed by atoms with E-state index in [1.54, 1.807) is 25.2 Å². The number of hydrogen-bond acceptors (Lipinski definition) is 8. The third-order valence-electron chi connectivity index (χ3n) is 6.67. The molecular weight excluding hydrogens is 624 g/mol. The van der Waals surface area contributed by atoms with Crippen molar-refractivity contribution in [2.24, 2.45) is 5.73 Å². The summed E-state index contributed by atoms with van der Waals surface area (Å²) >= 11 is 0. The van der Waals surface area contributed by atoms with Gasteiger partial charge in [0.15, 0.2) is 6.29 Å². The van der Waals surface area contributed by atoms with E-state index in [1.807, 2.05) is 128 Å². The van der Waals surface area contributed by atoms with Crippen molar-refractivity contribution < 1.29 is 39.5 Å². The number of carbonyl (C=O) groups is 2. The van der Waals surface area contributed by atoms with Crippen LogP contribution in [0.15, 0.2) is 146 Å². The SMILES string of the molecule is CC(C/C=C/C=C/C=C/C=C/C=C/C=C/C=C/C=C/C=C/C=C/C=C/C=C/C(=O)N[C@@H](CCCN)C(=O)O)O[C@@H]1O[C@@H](C)[C@H](O)[C@@H](O)[C@H]1O. The van der Waals surface area contributed by atoms with E-state index >= 15 is 0 Å². The Labute approximate surface area is 290 Å². The molecule has 1 unspecified atom stereocenters. The molecule has 7 atom stereocenters. The van der Waals surface area contributed by atoms with Crippen LogP contribution in [-0.4, -0.2) is 81.7 Å². The number of amides is 1. The molecule has 10 heteroatoms. The molecule has 10 nitrogen and oxygen atoms in total. The van der Waals surface area contributed by atoms with Gasteiger partial charge in [0, 0.05) is 6.08 Å². The second-order valence-electron chi connectivity index (χ2n) is 10.8. The fraction of sp³-hybridized carbons (Fsp3) is 0.333. The van der Waals surface area contributed by atoms with Crippen LogP contribution in [-0.2, 0) is 19.1 Å². The molecule has 1 heterocycles. The molecule has 0 saturated carbocycles. The van der Waals surface area contributed by atoms with Gasteiger partial charge in [0.05, 0.1) is 12.2 Å². The highest BCUT2D eigenvalue weighted by molar-refractivity contribution is 5.91. The van der Waals surface area contributed by atoms with E-state index in [-0.39, 0.29) is 6.10 Å². The maximum atomic E-state index is 11.8. The molecule has 1 amide bonds. The summed E-state index contributed by atoms with van der Waals surface area (Å²) in [5.74, 6) is -1.54. The highest BCUT2D eigenvalue weighted by Crippen LogP contribution is 2.23. The molecular formula is C39H52N2O8. The summed E-state index contributed by atoms with van der Waals surface area (Å²) in [5.41, 5.74) is 5.39. The third kappa shape index (κ3) is 21.2. The second kappa shape index (κ2) is 27.5. The Bertz CT molecular complexity index is 1320. The molecule has 0 aromatic heterocycles. The molecule has 1 saturated heterocycles. The van der Waals surface area contributed by atoms with Crippen LogP contribution in [0.1, 0.15) is 33.1 Å². The Morgan fingerprint density at radius 3 is 1.57 bits per heavy atom. The van der Waals surface area contributed by atoms with Gasteiger partial charge in [0.1, 0.15) is 24.4 Å². The van der Waals surface area contributed by atoms with Gasteiger partial charge >= 0.3 is 5.97 Å². The Morgan fingerprint density at radius 1 is 0.714 bits per heavy atom. The summed E-state index contributed by atoms with van der Waals surface area (Å²) in [5, 5.41) is 41.2. The second-order valence-corrected chi connectivity index (χ2v) is 10.8. The van der Waals surface area contributed by atoms with Gasteiger partial charge in [0.2, 0.25) is 5.91 Å². The van der Waals surface area contributed by atoms with Crippen molar-refractivity contribution in [3.05, 3.63) is 146 Å². The number of carboxylic acid groups (broad SMARTS) is 1. The highest BCUT2D eigenvalue weighted by atomic mass is 16.7. The largest absolute Gasteiger partial charge is 0.480 e.